The van der Waals surface area contributed by atoms with E-state index in [0.29, 0.717) is 0 Å². The van der Waals surface area contributed by atoms with Crippen molar-refractivity contribution >= 4 is 0 Å². The van der Waals surface area contributed by atoms with Crippen molar-refractivity contribution in [2.45, 2.75) is 25.3 Å². The average Bonchev–Trinajstić information content (AvgIpc) is 2.66. The smallest absolute Gasteiger partial charge is 0.106 e. The van der Waals surface area contributed by atoms with Crippen LogP contribution < -0.4 is 11.3 Å². The Balaban J connectivity index is 2.33. The number of rotatable bonds is 2. The summed E-state index contributed by atoms with van der Waals surface area (Å²) >= 11 is 0. The van der Waals surface area contributed by atoms with Gasteiger partial charge in [0.25, 0.3) is 0 Å². The van der Waals surface area contributed by atoms with Gasteiger partial charge in [0.2, 0.25) is 0 Å². The van der Waals surface area contributed by atoms with E-state index < -0.39 is 0 Å². The van der Waals surface area contributed by atoms with E-state index in [-0.39, 0.29) is 6.04 Å². The van der Waals surface area contributed by atoms with Gasteiger partial charge in [0.05, 0.1) is 0 Å². The number of nitrogens with two attached hydrogens (primary N) is 1. The number of terminal acetylenes is 1. The normalized spacial score (nSPS) is 16.0. The van der Waals surface area contributed by atoms with Gasteiger partial charge in [-0.1, -0.05) is 24.1 Å². The summed E-state index contributed by atoms with van der Waals surface area (Å²) < 4.78 is 0. The predicted octanol–water partition coefficient (Wildman–Crippen LogP) is 1.31. The van der Waals surface area contributed by atoms with Gasteiger partial charge in [0.15, 0.2) is 0 Å². The van der Waals surface area contributed by atoms with Crippen LogP contribution in [0.1, 0.15) is 29.2 Å². The van der Waals surface area contributed by atoms with Crippen molar-refractivity contribution in [3.8, 4) is 12.3 Å². The fraction of sp³-hybridized carbons (Fsp3) is 0.333. The molecule has 0 aliphatic heterocycles. The number of hydrazine groups is 1. The van der Waals surface area contributed by atoms with Gasteiger partial charge in [-0.25, -0.2) is 5.43 Å². The van der Waals surface area contributed by atoms with Crippen LogP contribution in [0.2, 0.25) is 0 Å². The number of benzene rings is 1. The van der Waals surface area contributed by atoms with Crippen LogP contribution in [0.25, 0.3) is 0 Å². The third kappa shape index (κ3) is 1.52. The Bertz CT molecular complexity index is 376. The first-order valence-electron chi connectivity index (χ1n) is 4.89. The quantitative estimate of drug-likeness (QED) is 0.415. The van der Waals surface area contributed by atoms with Gasteiger partial charge in [0.1, 0.15) is 6.04 Å². The molecule has 0 fully saturated rings. The maximum atomic E-state index is 5.37. The van der Waals surface area contributed by atoms with E-state index in [4.69, 9.17) is 12.3 Å². The number of hydrogen-bond acceptors (Lipinski definition) is 2. The molecule has 1 unspecified atom stereocenters. The van der Waals surface area contributed by atoms with E-state index in [1.165, 1.54) is 30.4 Å². The SMILES string of the molecule is C#CC(NN)c1ccc2c(c1)CCC2. The minimum absolute atomic E-state index is 0.166. The summed E-state index contributed by atoms with van der Waals surface area (Å²) in [6.07, 6.45) is 9.00. The van der Waals surface area contributed by atoms with Gasteiger partial charge in [-0.05, 0) is 36.0 Å². The third-order valence-electron chi connectivity index (χ3n) is 2.79. The summed E-state index contributed by atoms with van der Waals surface area (Å²) in [6.45, 7) is 0. The van der Waals surface area contributed by atoms with E-state index >= 15 is 0 Å². The summed E-state index contributed by atoms with van der Waals surface area (Å²) in [7, 11) is 0. The van der Waals surface area contributed by atoms with E-state index in [1.54, 1.807) is 0 Å². The first-order chi connectivity index (χ1) is 6.85. The number of hydrogen-bond donors (Lipinski definition) is 2. The van der Waals surface area contributed by atoms with E-state index in [9.17, 15) is 0 Å². The molecule has 0 heterocycles. The van der Waals surface area contributed by atoms with Gasteiger partial charge in [-0.3, -0.25) is 5.84 Å². The summed E-state index contributed by atoms with van der Waals surface area (Å²) in [6, 6.07) is 6.24. The van der Waals surface area contributed by atoms with Crippen molar-refractivity contribution in [3.05, 3.63) is 34.9 Å². The van der Waals surface area contributed by atoms with Crippen LogP contribution in [0, 0.1) is 12.3 Å². The van der Waals surface area contributed by atoms with E-state index in [1.807, 2.05) is 0 Å². The molecule has 1 aliphatic carbocycles. The molecule has 0 radical (unpaired) electrons. The zero-order valence-corrected chi connectivity index (χ0v) is 8.09. The van der Waals surface area contributed by atoms with Gasteiger partial charge in [0, 0.05) is 0 Å². The minimum Gasteiger partial charge on any atom is -0.270 e. The fourth-order valence-corrected chi connectivity index (χ4v) is 2.01. The molecule has 2 nitrogen and oxygen atoms in total. The molecule has 1 atom stereocenters. The molecule has 2 heteroatoms. The second-order valence-electron chi connectivity index (χ2n) is 3.65. The van der Waals surface area contributed by atoms with Crippen LogP contribution in [-0.4, -0.2) is 0 Å². The van der Waals surface area contributed by atoms with Crippen LogP contribution in [0.5, 0.6) is 0 Å². The summed E-state index contributed by atoms with van der Waals surface area (Å²) in [4.78, 5) is 0. The fourth-order valence-electron chi connectivity index (χ4n) is 2.01. The van der Waals surface area contributed by atoms with Crippen molar-refractivity contribution in [3.63, 3.8) is 0 Å². The monoisotopic (exact) mass is 186 g/mol. The second-order valence-corrected chi connectivity index (χ2v) is 3.65. The Morgan fingerprint density at radius 2 is 2.14 bits per heavy atom. The van der Waals surface area contributed by atoms with Crippen molar-refractivity contribution in [1.82, 2.24) is 5.43 Å². The molecule has 14 heavy (non-hydrogen) atoms. The Labute approximate surface area is 84.5 Å². The number of nitrogens with one attached hydrogen (secondary N) is 1. The molecular formula is C12H14N2. The highest BCUT2D eigenvalue weighted by atomic mass is 15.2. The second kappa shape index (κ2) is 3.83. The zero-order valence-electron chi connectivity index (χ0n) is 8.09. The van der Waals surface area contributed by atoms with E-state index in [2.05, 4.69) is 29.5 Å². The largest absolute Gasteiger partial charge is 0.270 e. The molecule has 1 aromatic carbocycles. The highest BCUT2D eigenvalue weighted by Gasteiger charge is 2.13. The topological polar surface area (TPSA) is 38.0 Å². The molecule has 1 aromatic rings. The lowest BCUT2D eigenvalue weighted by Crippen LogP contribution is -2.26. The Kier molecular flexibility index (Phi) is 2.53. The molecule has 0 aromatic heterocycles. The average molecular weight is 186 g/mol. The van der Waals surface area contributed by atoms with Crippen LogP contribution in [0.3, 0.4) is 0 Å². The lowest BCUT2D eigenvalue weighted by molar-refractivity contribution is 0.673. The van der Waals surface area contributed by atoms with Crippen LogP contribution in [0.4, 0.5) is 0 Å². The molecule has 0 bridgehead atoms. The maximum Gasteiger partial charge on any atom is 0.106 e. The Hall–Kier alpha value is -1.30. The Morgan fingerprint density at radius 3 is 2.86 bits per heavy atom. The molecular weight excluding hydrogens is 172 g/mol. The summed E-state index contributed by atoms with van der Waals surface area (Å²) in [5, 5.41) is 0. The highest BCUT2D eigenvalue weighted by Crippen LogP contribution is 2.24. The number of aryl methyl sites for hydroxylation is 2. The van der Waals surface area contributed by atoms with Crippen LogP contribution in [0.15, 0.2) is 18.2 Å². The first kappa shape index (κ1) is 9.26. The molecule has 3 N–H and O–H groups in total. The van der Waals surface area contributed by atoms with Crippen LogP contribution in [-0.2, 0) is 12.8 Å². The third-order valence-corrected chi connectivity index (χ3v) is 2.79. The zero-order chi connectivity index (χ0) is 9.97. The van der Waals surface area contributed by atoms with Crippen molar-refractivity contribution in [2.24, 2.45) is 5.84 Å². The highest BCUT2D eigenvalue weighted by molar-refractivity contribution is 5.38. The van der Waals surface area contributed by atoms with Crippen molar-refractivity contribution in [1.29, 1.82) is 0 Å². The van der Waals surface area contributed by atoms with Gasteiger partial charge < -0.3 is 0 Å². The first-order valence-corrected chi connectivity index (χ1v) is 4.89. The molecule has 0 saturated heterocycles. The lowest BCUT2D eigenvalue weighted by atomic mass is 10.0. The van der Waals surface area contributed by atoms with Crippen LogP contribution >= 0.6 is 0 Å². The standard InChI is InChI=1S/C12H14N2/c1-2-12(14-13)11-7-6-9-4-3-5-10(9)8-11/h1,6-8,12,14H,3-5,13H2. The van der Waals surface area contributed by atoms with Crippen molar-refractivity contribution < 1.29 is 0 Å². The van der Waals surface area contributed by atoms with E-state index in [0.717, 1.165) is 5.56 Å². The summed E-state index contributed by atoms with van der Waals surface area (Å²) in [5.74, 6) is 7.99. The molecule has 1 aliphatic rings. The van der Waals surface area contributed by atoms with Crippen molar-refractivity contribution in [2.75, 3.05) is 0 Å². The van der Waals surface area contributed by atoms with Gasteiger partial charge >= 0.3 is 0 Å². The van der Waals surface area contributed by atoms with Gasteiger partial charge in [-0.2, -0.15) is 0 Å². The number of fused-ring (bicyclic) bond motifs is 1. The molecule has 2 rings (SSSR count). The maximum absolute atomic E-state index is 5.37. The molecule has 0 saturated carbocycles. The molecule has 0 spiro atoms. The van der Waals surface area contributed by atoms with Gasteiger partial charge in [-0.15, -0.1) is 6.42 Å². The predicted molar refractivity (Wildman–Crippen MR) is 57.4 cm³/mol. The molecule has 0 amide bonds. The lowest BCUT2D eigenvalue weighted by Gasteiger charge is -2.10. The minimum atomic E-state index is -0.166. The Morgan fingerprint density at radius 1 is 1.36 bits per heavy atom. The summed E-state index contributed by atoms with van der Waals surface area (Å²) in [5.41, 5.74) is 6.60. The molecule has 72 valence electrons.